The Kier molecular flexibility index (Phi) is 8.02. The van der Waals surface area contributed by atoms with Crippen LogP contribution < -0.4 is 10.5 Å². The summed E-state index contributed by atoms with van der Waals surface area (Å²) in [4.78, 5) is 47.3. The van der Waals surface area contributed by atoms with Crippen LogP contribution in [0.5, 0.6) is 5.75 Å². The lowest BCUT2D eigenvalue weighted by atomic mass is 10.1. The van der Waals surface area contributed by atoms with Crippen molar-refractivity contribution in [3.05, 3.63) is 29.5 Å². The van der Waals surface area contributed by atoms with Crippen molar-refractivity contribution in [2.75, 3.05) is 13.2 Å². The van der Waals surface area contributed by atoms with Gasteiger partial charge in [-0.1, -0.05) is 6.07 Å². The molecule has 0 radical (unpaired) electrons. The van der Waals surface area contributed by atoms with Crippen LogP contribution in [-0.4, -0.2) is 47.0 Å². The number of rotatable bonds is 10. The molecule has 2 rings (SSSR count). The number of unbranched alkanes of at least 4 members (excludes halogenated alkanes) is 1. The van der Waals surface area contributed by atoms with Crippen molar-refractivity contribution in [2.45, 2.75) is 59.6 Å². The molecule has 1 aromatic carbocycles. The van der Waals surface area contributed by atoms with E-state index in [-0.39, 0.29) is 23.9 Å². The normalized spacial score (nSPS) is 11.3. The zero-order valence-corrected chi connectivity index (χ0v) is 19.1. The number of Topliss-reactive ketones (excluding diaryl/α,β-unsaturated/α-hetero) is 1. The van der Waals surface area contributed by atoms with Crippen LogP contribution >= 0.6 is 0 Å². The number of nitrogens with zero attached hydrogens (tertiary/aromatic N) is 1. The minimum Gasteiger partial charge on any atom is -0.481 e. The number of hydrogen-bond acceptors (Lipinski definition) is 7. The topological polar surface area (TPSA) is 127 Å². The summed E-state index contributed by atoms with van der Waals surface area (Å²) in [6, 6.07) is 5.15. The summed E-state index contributed by atoms with van der Waals surface area (Å²) in [5.41, 5.74) is 6.00. The molecule has 0 aliphatic carbocycles. The average Bonchev–Trinajstić information content (AvgIpc) is 2.96. The van der Waals surface area contributed by atoms with Crippen LogP contribution in [0.25, 0.3) is 10.9 Å². The Bertz CT molecular complexity index is 1030. The molecule has 9 heteroatoms. The number of primary amides is 1. The summed E-state index contributed by atoms with van der Waals surface area (Å²) < 4.78 is 17.8. The van der Waals surface area contributed by atoms with Crippen LogP contribution in [0.4, 0.5) is 0 Å². The molecule has 1 heterocycles. The van der Waals surface area contributed by atoms with Gasteiger partial charge in [0, 0.05) is 19.2 Å². The number of carbonyl (C=O) groups is 4. The quantitative estimate of drug-likeness (QED) is 0.257. The summed E-state index contributed by atoms with van der Waals surface area (Å²) in [5, 5.41) is 0.414. The summed E-state index contributed by atoms with van der Waals surface area (Å²) in [6.45, 7) is 8.79. The maximum atomic E-state index is 12.6. The van der Waals surface area contributed by atoms with Crippen molar-refractivity contribution >= 4 is 34.5 Å². The molecular formula is C23H30N2O7. The van der Waals surface area contributed by atoms with E-state index in [0.29, 0.717) is 42.6 Å². The van der Waals surface area contributed by atoms with E-state index in [1.165, 1.54) is 6.92 Å². The molecule has 32 heavy (non-hydrogen) atoms. The molecule has 0 atom stereocenters. The Morgan fingerprint density at radius 1 is 1.09 bits per heavy atom. The molecule has 0 aliphatic heterocycles. The summed E-state index contributed by atoms with van der Waals surface area (Å²) in [5.74, 6) is -2.53. The Labute approximate surface area is 186 Å². The van der Waals surface area contributed by atoms with Crippen molar-refractivity contribution < 1.29 is 33.4 Å². The highest BCUT2D eigenvalue weighted by Gasteiger charge is 2.26. The molecule has 0 unspecified atom stereocenters. The van der Waals surface area contributed by atoms with Gasteiger partial charge in [0.2, 0.25) is 0 Å². The molecule has 1 aromatic heterocycles. The number of aryl methyl sites for hydroxylation is 1. The molecule has 0 saturated heterocycles. The van der Waals surface area contributed by atoms with Gasteiger partial charge in [-0.05, 0) is 52.7 Å². The predicted octanol–water partition coefficient (Wildman–Crippen LogP) is 2.68. The van der Waals surface area contributed by atoms with Crippen LogP contribution in [0.1, 0.15) is 56.6 Å². The first kappa shape index (κ1) is 24.9. The molecule has 0 saturated carbocycles. The van der Waals surface area contributed by atoms with Crippen molar-refractivity contribution in [2.24, 2.45) is 5.73 Å². The van der Waals surface area contributed by atoms with Gasteiger partial charge in [0.1, 0.15) is 11.4 Å². The number of aromatic nitrogens is 1. The standard InChI is InChI=1S/C23H30N2O7/c1-14-19(21(28)22(24)29)20-16(25(14)11-6-7-12-30-15(2)26)9-8-10-17(20)31-13-18(27)32-23(3,4)5/h8-10H,6-7,11-13H2,1-5H3,(H2,24,29). The zero-order valence-electron chi connectivity index (χ0n) is 19.1. The van der Waals surface area contributed by atoms with Gasteiger partial charge < -0.3 is 24.5 Å². The average molecular weight is 447 g/mol. The fourth-order valence-corrected chi connectivity index (χ4v) is 3.40. The maximum absolute atomic E-state index is 12.6. The Balaban J connectivity index is 2.38. The van der Waals surface area contributed by atoms with Crippen LogP contribution in [0, 0.1) is 6.92 Å². The van der Waals surface area contributed by atoms with Crippen LogP contribution in [0.2, 0.25) is 0 Å². The minimum absolute atomic E-state index is 0.146. The number of hydrogen-bond donors (Lipinski definition) is 1. The fourth-order valence-electron chi connectivity index (χ4n) is 3.40. The molecule has 2 aromatic rings. The van der Waals surface area contributed by atoms with Gasteiger partial charge in [0.25, 0.3) is 11.7 Å². The Morgan fingerprint density at radius 3 is 2.38 bits per heavy atom. The molecule has 0 aliphatic rings. The van der Waals surface area contributed by atoms with Gasteiger partial charge in [-0.2, -0.15) is 0 Å². The SMILES string of the molecule is CC(=O)OCCCCn1c(C)c(C(=O)C(N)=O)c2c(OCC(=O)OC(C)(C)C)cccc21. The molecule has 2 N–H and O–H groups in total. The third-order valence-electron chi connectivity index (χ3n) is 4.61. The smallest absolute Gasteiger partial charge is 0.344 e. The van der Waals surface area contributed by atoms with Crippen molar-refractivity contribution in [1.82, 2.24) is 4.57 Å². The predicted molar refractivity (Wildman–Crippen MR) is 117 cm³/mol. The van der Waals surface area contributed by atoms with Crippen molar-refractivity contribution in [3.8, 4) is 5.75 Å². The van der Waals surface area contributed by atoms with Crippen LogP contribution in [0.15, 0.2) is 18.2 Å². The largest absolute Gasteiger partial charge is 0.481 e. The molecule has 0 spiro atoms. The molecule has 0 fully saturated rings. The molecule has 9 nitrogen and oxygen atoms in total. The Hall–Kier alpha value is -3.36. The lowest BCUT2D eigenvalue weighted by molar-refractivity contribution is -0.157. The van der Waals surface area contributed by atoms with E-state index in [1.54, 1.807) is 45.9 Å². The number of fused-ring (bicyclic) bond motifs is 1. The second-order valence-corrected chi connectivity index (χ2v) is 8.38. The highest BCUT2D eigenvalue weighted by atomic mass is 16.6. The second kappa shape index (κ2) is 10.3. The van der Waals surface area contributed by atoms with E-state index in [4.69, 9.17) is 19.9 Å². The summed E-state index contributed by atoms with van der Waals surface area (Å²) in [7, 11) is 0. The van der Waals surface area contributed by atoms with Gasteiger partial charge in [-0.15, -0.1) is 0 Å². The number of carbonyl (C=O) groups excluding carboxylic acids is 4. The summed E-state index contributed by atoms with van der Waals surface area (Å²) >= 11 is 0. The molecular weight excluding hydrogens is 416 g/mol. The number of ether oxygens (including phenoxy) is 3. The number of amides is 1. The lowest BCUT2D eigenvalue weighted by Gasteiger charge is -2.19. The number of nitrogens with two attached hydrogens (primary N) is 1. The van der Waals surface area contributed by atoms with Crippen LogP contribution in [-0.2, 0) is 30.4 Å². The van der Waals surface area contributed by atoms with E-state index in [2.05, 4.69) is 0 Å². The van der Waals surface area contributed by atoms with E-state index < -0.39 is 23.3 Å². The monoisotopic (exact) mass is 446 g/mol. The molecule has 174 valence electrons. The van der Waals surface area contributed by atoms with Gasteiger partial charge in [-0.25, -0.2) is 4.79 Å². The first-order valence-corrected chi connectivity index (χ1v) is 10.4. The van der Waals surface area contributed by atoms with Crippen molar-refractivity contribution in [1.29, 1.82) is 0 Å². The zero-order chi connectivity index (χ0) is 24.1. The van der Waals surface area contributed by atoms with Crippen LogP contribution in [0.3, 0.4) is 0 Å². The number of ketones is 1. The van der Waals surface area contributed by atoms with Gasteiger partial charge in [-0.3, -0.25) is 14.4 Å². The third kappa shape index (κ3) is 6.32. The first-order valence-electron chi connectivity index (χ1n) is 10.4. The summed E-state index contributed by atoms with van der Waals surface area (Å²) in [6.07, 6.45) is 1.30. The maximum Gasteiger partial charge on any atom is 0.344 e. The number of benzene rings is 1. The minimum atomic E-state index is -1.08. The first-order chi connectivity index (χ1) is 14.9. The van der Waals surface area contributed by atoms with Gasteiger partial charge >= 0.3 is 11.9 Å². The van der Waals surface area contributed by atoms with Gasteiger partial charge in [0.05, 0.1) is 23.1 Å². The highest BCUT2D eigenvalue weighted by molar-refractivity contribution is 6.45. The van der Waals surface area contributed by atoms with E-state index in [1.807, 2.05) is 4.57 Å². The van der Waals surface area contributed by atoms with Crippen molar-refractivity contribution in [3.63, 3.8) is 0 Å². The Morgan fingerprint density at radius 2 is 1.78 bits per heavy atom. The molecule has 1 amide bonds. The highest BCUT2D eigenvalue weighted by Crippen LogP contribution is 2.34. The van der Waals surface area contributed by atoms with E-state index in [9.17, 15) is 19.2 Å². The fraction of sp³-hybridized carbons (Fsp3) is 0.478. The molecule has 0 bridgehead atoms. The van der Waals surface area contributed by atoms with E-state index in [0.717, 1.165) is 0 Å². The lowest BCUT2D eigenvalue weighted by Crippen LogP contribution is -2.27. The number of esters is 2. The second-order valence-electron chi connectivity index (χ2n) is 8.38. The van der Waals surface area contributed by atoms with E-state index >= 15 is 0 Å². The van der Waals surface area contributed by atoms with Gasteiger partial charge in [0.15, 0.2) is 6.61 Å². The third-order valence-corrected chi connectivity index (χ3v) is 4.61.